The lowest BCUT2D eigenvalue weighted by Crippen LogP contribution is -1.97. The molecular formula is C10H8F2O. The van der Waals surface area contributed by atoms with Crippen LogP contribution in [0.4, 0.5) is 8.78 Å². The molecule has 0 aliphatic rings. The van der Waals surface area contributed by atoms with Gasteiger partial charge in [0.25, 0.3) is 0 Å². The largest absolute Gasteiger partial charge is 0.492 e. The van der Waals surface area contributed by atoms with E-state index >= 15 is 0 Å². The van der Waals surface area contributed by atoms with E-state index in [2.05, 4.69) is 5.92 Å². The smallest absolute Gasteiger partial charge is 0.145 e. The van der Waals surface area contributed by atoms with Crippen molar-refractivity contribution in [1.29, 1.82) is 0 Å². The number of benzene rings is 1. The first-order valence-electron chi connectivity index (χ1n) is 3.77. The third-order valence-corrected chi connectivity index (χ3v) is 1.46. The van der Waals surface area contributed by atoms with Crippen molar-refractivity contribution in [3.8, 4) is 18.1 Å². The fourth-order valence-electron chi connectivity index (χ4n) is 0.959. The van der Waals surface area contributed by atoms with Gasteiger partial charge in [0.15, 0.2) is 0 Å². The van der Waals surface area contributed by atoms with Gasteiger partial charge in [-0.2, -0.15) is 0 Å². The fraction of sp³-hybridized carbons (Fsp3) is 0.200. The van der Waals surface area contributed by atoms with Crippen LogP contribution < -0.4 is 4.74 Å². The van der Waals surface area contributed by atoms with Crippen molar-refractivity contribution in [3.63, 3.8) is 0 Å². The Morgan fingerprint density at radius 3 is 2.69 bits per heavy atom. The average molecular weight is 182 g/mol. The molecule has 0 fully saturated rings. The summed E-state index contributed by atoms with van der Waals surface area (Å²) in [5, 5.41) is 0. The minimum atomic E-state index is -0.772. The van der Waals surface area contributed by atoms with Crippen LogP contribution in [0.25, 0.3) is 0 Å². The molecule has 0 amide bonds. The highest BCUT2D eigenvalue weighted by atomic mass is 19.1. The van der Waals surface area contributed by atoms with Crippen molar-refractivity contribution in [2.75, 3.05) is 6.61 Å². The molecule has 1 nitrogen and oxygen atoms in total. The summed E-state index contributed by atoms with van der Waals surface area (Å²) < 4.78 is 30.6. The van der Waals surface area contributed by atoms with E-state index in [1.54, 1.807) is 6.92 Å². The topological polar surface area (TPSA) is 9.23 Å². The summed E-state index contributed by atoms with van der Waals surface area (Å²) in [6, 6.07) is 1.81. The molecule has 0 heterocycles. The molecule has 0 unspecified atom stereocenters. The van der Waals surface area contributed by atoms with Gasteiger partial charge in [0.2, 0.25) is 0 Å². The number of rotatable bonds is 2. The predicted molar refractivity (Wildman–Crippen MR) is 45.5 cm³/mol. The molecule has 0 saturated carbocycles. The first kappa shape index (κ1) is 9.53. The molecule has 0 aromatic heterocycles. The first-order valence-corrected chi connectivity index (χ1v) is 3.77. The Morgan fingerprint density at radius 1 is 1.46 bits per heavy atom. The van der Waals surface area contributed by atoms with Crippen LogP contribution in [-0.4, -0.2) is 6.61 Å². The van der Waals surface area contributed by atoms with Crippen LogP contribution in [0.1, 0.15) is 12.5 Å². The van der Waals surface area contributed by atoms with Gasteiger partial charge in [0.1, 0.15) is 22.9 Å². The highest BCUT2D eigenvalue weighted by molar-refractivity contribution is 5.46. The van der Waals surface area contributed by atoms with Crippen molar-refractivity contribution in [2.45, 2.75) is 6.92 Å². The number of hydrogen-bond donors (Lipinski definition) is 0. The second-order valence-electron chi connectivity index (χ2n) is 2.34. The standard InChI is InChI=1S/C10H8F2O/c1-3-8-9(12)5-7(11)6-10(8)13-4-2/h1,5-6H,4H2,2H3. The molecule has 1 rings (SSSR count). The molecule has 0 bridgehead atoms. The minimum absolute atomic E-state index is 0.0387. The van der Waals surface area contributed by atoms with Crippen molar-refractivity contribution < 1.29 is 13.5 Å². The summed E-state index contributed by atoms with van der Waals surface area (Å²) in [5.41, 5.74) is -0.0387. The molecule has 0 radical (unpaired) electrons. The third kappa shape index (κ3) is 1.97. The van der Waals surface area contributed by atoms with E-state index in [4.69, 9.17) is 11.2 Å². The zero-order valence-corrected chi connectivity index (χ0v) is 7.10. The van der Waals surface area contributed by atoms with Gasteiger partial charge in [-0.05, 0) is 6.92 Å². The van der Waals surface area contributed by atoms with Gasteiger partial charge in [-0.1, -0.05) is 5.92 Å². The lowest BCUT2D eigenvalue weighted by Gasteiger charge is -2.06. The highest BCUT2D eigenvalue weighted by Crippen LogP contribution is 2.22. The summed E-state index contributed by atoms with van der Waals surface area (Å²) in [5.74, 6) is 0.714. The molecule has 0 spiro atoms. The maximum Gasteiger partial charge on any atom is 0.145 e. The molecule has 1 aromatic carbocycles. The summed E-state index contributed by atoms with van der Waals surface area (Å²) >= 11 is 0. The van der Waals surface area contributed by atoms with Gasteiger partial charge in [-0.3, -0.25) is 0 Å². The number of halogens is 2. The van der Waals surface area contributed by atoms with E-state index in [-0.39, 0.29) is 11.3 Å². The predicted octanol–water partition coefficient (Wildman–Crippen LogP) is 2.34. The molecule has 0 saturated heterocycles. The van der Waals surface area contributed by atoms with Crippen LogP contribution >= 0.6 is 0 Å². The van der Waals surface area contributed by atoms with Gasteiger partial charge >= 0.3 is 0 Å². The summed E-state index contributed by atoms with van der Waals surface area (Å²) in [6.07, 6.45) is 5.04. The van der Waals surface area contributed by atoms with Crippen LogP contribution in [0.5, 0.6) is 5.75 Å². The first-order chi connectivity index (χ1) is 6.19. The Balaban J connectivity index is 3.23. The quantitative estimate of drug-likeness (QED) is 0.638. The fourth-order valence-corrected chi connectivity index (χ4v) is 0.959. The number of hydrogen-bond acceptors (Lipinski definition) is 1. The van der Waals surface area contributed by atoms with Gasteiger partial charge in [-0.15, -0.1) is 6.42 Å². The molecule has 68 valence electrons. The van der Waals surface area contributed by atoms with E-state index in [1.807, 2.05) is 0 Å². The van der Waals surface area contributed by atoms with Crippen LogP contribution in [0.3, 0.4) is 0 Å². The van der Waals surface area contributed by atoms with Gasteiger partial charge < -0.3 is 4.74 Å². The molecule has 0 atom stereocenters. The maximum absolute atomic E-state index is 13.0. The van der Waals surface area contributed by atoms with Crippen molar-refractivity contribution in [2.24, 2.45) is 0 Å². The molecule has 3 heteroatoms. The van der Waals surface area contributed by atoms with Crippen LogP contribution in [0.15, 0.2) is 12.1 Å². The van der Waals surface area contributed by atoms with E-state index in [1.165, 1.54) is 0 Å². The lowest BCUT2D eigenvalue weighted by molar-refractivity contribution is 0.334. The summed E-state index contributed by atoms with van der Waals surface area (Å²) in [7, 11) is 0. The lowest BCUT2D eigenvalue weighted by atomic mass is 10.2. The average Bonchev–Trinajstić information content (AvgIpc) is 2.04. The second kappa shape index (κ2) is 3.90. The molecule has 13 heavy (non-hydrogen) atoms. The number of ether oxygens (including phenoxy) is 1. The van der Waals surface area contributed by atoms with Crippen molar-refractivity contribution in [1.82, 2.24) is 0 Å². The van der Waals surface area contributed by atoms with E-state index < -0.39 is 11.6 Å². The van der Waals surface area contributed by atoms with E-state index in [9.17, 15) is 8.78 Å². The summed E-state index contributed by atoms with van der Waals surface area (Å²) in [6.45, 7) is 2.03. The maximum atomic E-state index is 13.0. The minimum Gasteiger partial charge on any atom is -0.492 e. The Labute approximate surface area is 75.3 Å². The van der Waals surface area contributed by atoms with Crippen molar-refractivity contribution in [3.05, 3.63) is 29.3 Å². The molecule has 0 aliphatic carbocycles. The van der Waals surface area contributed by atoms with Crippen LogP contribution in [0, 0.1) is 24.0 Å². The highest BCUT2D eigenvalue weighted by Gasteiger charge is 2.09. The SMILES string of the molecule is C#Cc1c(F)cc(F)cc1OCC. The zero-order chi connectivity index (χ0) is 9.84. The number of terminal acetylenes is 1. The van der Waals surface area contributed by atoms with Gasteiger partial charge in [-0.25, -0.2) is 8.78 Å². The van der Waals surface area contributed by atoms with E-state index in [0.29, 0.717) is 6.61 Å². The molecular weight excluding hydrogens is 174 g/mol. The Morgan fingerprint density at radius 2 is 2.15 bits per heavy atom. The summed E-state index contributed by atoms with van der Waals surface area (Å²) in [4.78, 5) is 0. The Bertz CT molecular complexity index is 353. The van der Waals surface area contributed by atoms with E-state index in [0.717, 1.165) is 12.1 Å². The normalized spacial score (nSPS) is 9.38. The van der Waals surface area contributed by atoms with Gasteiger partial charge in [0.05, 0.1) is 6.61 Å². The van der Waals surface area contributed by atoms with Crippen LogP contribution in [0.2, 0.25) is 0 Å². The second-order valence-corrected chi connectivity index (χ2v) is 2.34. The zero-order valence-electron chi connectivity index (χ0n) is 7.10. The Hall–Kier alpha value is -1.56. The Kier molecular flexibility index (Phi) is 2.86. The van der Waals surface area contributed by atoms with Crippen LogP contribution in [-0.2, 0) is 0 Å². The molecule has 0 aliphatic heterocycles. The third-order valence-electron chi connectivity index (χ3n) is 1.46. The molecule has 1 aromatic rings. The van der Waals surface area contributed by atoms with Crippen molar-refractivity contribution >= 4 is 0 Å². The van der Waals surface area contributed by atoms with Gasteiger partial charge in [0, 0.05) is 12.1 Å². The molecule has 0 N–H and O–H groups in total. The monoisotopic (exact) mass is 182 g/mol.